The van der Waals surface area contributed by atoms with Crippen molar-refractivity contribution in [2.75, 3.05) is 25.5 Å². The fraction of sp³-hybridized carbons (Fsp3) is 1.00. The maximum atomic E-state index is 11.9. The summed E-state index contributed by atoms with van der Waals surface area (Å²) in [4.78, 5) is 1.82. The Morgan fingerprint density at radius 1 is 1.50 bits per heavy atom. The molecule has 0 radical (unpaired) electrons. The van der Waals surface area contributed by atoms with Crippen LogP contribution in [0.1, 0.15) is 12.8 Å². The zero-order valence-electron chi connectivity index (χ0n) is 6.98. The number of hydrogen-bond donors (Lipinski definition) is 0. The van der Waals surface area contributed by atoms with Crippen LogP contribution < -0.4 is 0 Å². The minimum absolute atomic E-state index is 0.0706. The highest BCUT2D eigenvalue weighted by Crippen LogP contribution is 2.20. The molecule has 1 rings (SSSR count). The Balaban J connectivity index is 2.16. The van der Waals surface area contributed by atoms with Gasteiger partial charge in [-0.1, -0.05) is 0 Å². The molecule has 1 heterocycles. The first kappa shape index (κ1) is 10.2. The smallest absolute Gasteiger partial charge is 0.251 e. The van der Waals surface area contributed by atoms with Gasteiger partial charge in [0.15, 0.2) is 0 Å². The highest BCUT2D eigenvalue weighted by atomic mass is 35.5. The van der Waals surface area contributed by atoms with E-state index in [1.165, 1.54) is 0 Å². The fourth-order valence-corrected chi connectivity index (χ4v) is 1.97. The van der Waals surface area contributed by atoms with Crippen LogP contribution in [0.15, 0.2) is 0 Å². The van der Waals surface area contributed by atoms with E-state index in [9.17, 15) is 8.78 Å². The Bertz CT molecular complexity index is 132. The van der Waals surface area contributed by atoms with Crippen molar-refractivity contribution in [3.05, 3.63) is 0 Å². The zero-order chi connectivity index (χ0) is 8.97. The summed E-state index contributed by atoms with van der Waals surface area (Å²) in [5, 5.41) is 0. The van der Waals surface area contributed by atoms with E-state index in [1.807, 2.05) is 4.90 Å². The van der Waals surface area contributed by atoms with Crippen LogP contribution in [0.3, 0.4) is 0 Å². The third-order valence-corrected chi connectivity index (χ3v) is 2.50. The molecule has 0 aromatic rings. The molecule has 0 saturated carbocycles. The molecular formula is C8H14ClF2N. The lowest BCUT2D eigenvalue weighted by atomic mass is 10.1. The molecule has 1 nitrogen and oxygen atoms in total. The molecule has 1 aliphatic heterocycles. The van der Waals surface area contributed by atoms with Crippen molar-refractivity contribution >= 4 is 11.6 Å². The van der Waals surface area contributed by atoms with Gasteiger partial charge >= 0.3 is 0 Å². The highest BCUT2D eigenvalue weighted by Gasteiger charge is 2.23. The predicted octanol–water partition coefficient (Wildman–Crippen LogP) is 2.20. The molecule has 72 valence electrons. The van der Waals surface area contributed by atoms with Gasteiger partial charge < -0.3 is 0 Å². The van der Waals surface area contributed by atoms with Gasteiger partial charge in [0.05, 0.1) is 6.54 Å². The molecule has 1 saturated heterocycles. The summed E-state index contributed by atoms with van der Waals surface area (Å²) in [6.07, 6.45) is -0.208. The Hall–Kier alpha value is 0.110. The van der Waals surface area contributed by atoms with Crippen molar-refractivity contribution in [3.8, 4) is 0 Å². The summed E-state index contributed by atoms with van der Waals surface area (Å²) >= 11 is 5.57. The van der Waals surface area contributed by atoms with Gasteiger partial charge in [0.25, 0.3) is 6.43 Å². The quantitative estimate of drug-likeness (QED) is 0.625. The molecule has 1 aliphatic rings. The van der Waals surface area contributed by atoms with Crippen molar-refractivity contribution in [2.45, 2.75) is 19.3 Å². The molecule has 0 bridgehead atoms. The molecule has 12 heavy (non-hydrogen) atoms. The monoisotopic (exact) mass is 197 g/mol. The normalized spacial score (nSPS) is 25.5. The summed E-state index contributed by atoms with van der Waals surface area (Å²) < 4.78 is 23.9. The van der Waals surface area contributed by atoms with E-state index in [-0.39, 0.29) is 6.54 Å². The van der Waals surface area contributed by atoms with Crippen molar-refractivity contribution in [1.29, 1.82) is 0 Å². The lowest BCUT2D eigenvalue weighted by Crippen LogP contribution is -2.26. The summed E-state index contributed by atoms with van der Waals surface area (Å²) in [5.41, 5.74) is 0. The van der Waals surface area contributed by atoms with Crippen LogP contribution >= 0.6 is 11.6 Å². The maximum Gasteiger partial charge on any atom is 0.251 e. The van der Waals surface area contributed by atoms with Gasteiger partial charge in [-0.15, -0.1) is 11.6 Å². The second-order valence-electron chi connectivity index (χ2n) is 3.28. The Labute approximate surface area is 76.7 Å². The molecule has 0 aliphatic carbocycles. The zero-order valence-corrected chi connectivity index (χ0v) is 7.73. The number of alkyl halides is 3. The van der Waals surface area contributed by atoms with Gasteiger partial charge in [0.1, 0.15) is 0 Å². The van der Waals surface area contributed by atoms with Crippen molar-refractivity contribution < 1.29 is 8.78 Å². The van der Waals surface area contributed by atoms with Crippen molar-refractivity contribution in [2.24, 2.45) is 5.92 Å². The number of likely N-dealkylation sites (tertiary alicyclic amines) is 1. The average Bonchev–Trinajstić information content (AvgIpc) is 2.36. The van der Waals surface area contributed by atoms with E-state index in [4.69, 9.17) is 11.6 Å². The molecule has 0 aromatic heterocycles. The van der Waals surface area contributed by atoms with Crippen LogP contribution in [-0.4, -0.2) is 36.8 Å². The average molecular weight is 198 g/mol. The lowest BCUT2D eigenvalue weighted by molar-refractivity contribution is 0.0978. The summed E-state index contributed by atoms with van der Waals surface area (Å²) in [6, 6.07) is 0. The van der Waals surface area contributed by atoms with Crippen LogP contribution in [0, 0.1) is 5.92 Å². The number of rotatable bonds is 4. The molecule has 1 atom stereocenters. The van der Waals surface area contributed by atoms with Crippen LogP contribution in [0.2, 0.25) is 0 Å². The first-order valence-electron chi connectivity index (χ1n) is 4.29. The predicted molar refractivity (Wildman–Crippen MR) is 45.9 cm³/mol. The standard InChI is InChI=1S/C8H14ClF2N/c9-3-1-7-2-4-12(5-7)6-8(10)11/h7-8H,1-6H2. The van der Waals surface area contributed by atoms with E-state index in [0.29, 0.717) is 11.8 Å². The van der Waals surface area contributed by atoms with Crippen LogP contribution in [0.5, 0.6) is 0 Å². The largest absolute Gasteiger partial charge is 0.297 e. The van der Waals surface area contributed by atoms with Gasteiger partial charge in [0.2, 0.25) is 0 Å². The number of halogens is 3. The lowest BCUT2D eigenvalue weighted by Gasteiger charge is -2.14. The van der Waals surface area contributed by atoms with Gasteiger partial charge in [-0.3, -0.25) is 4.90 Å². The second kappa shape index (κ2) is 4.97. The SMILES string of the molecule is FC(F)CN1CCC(CCCl)C1. The van der Waals surface area contributed by atoms with Gasteiger partial charge in [-0.05, 0) is 25.3 Å². The summed E-state index contributed by atoms with van der Waals surface area (Å²) in [5.74, 6) is 1.19. The van der Waals surface area contributed by atoms with Crippen LogP contribution in [0.4, 0.5) is 8.78 Å². The third-order valence-electron chi connectivity index (χ3n) is 2.28. The Morgan fingerprint density at radius 2 is 2.25 bits per heavy atom. The highest BCUT2D eigenvalue weighted by molar-refractivity contribution is 6.17. The summed E-state index contributed by atoms with van der Waals surface area (Å²) in [7, 11) is 0. The molecule has 0 amide bonds. The molecule has 0 spiro atoms. The molecule has 0 aromatic carbocycles. The molecule has 4 heteroatoms. The summed E-state index contributed by atoms with van der Waals surface area (Å²) in [6.45, 7) is 1.54. The number of nitrogens with zero attached hydrogens (tertiary/aromatic N) is 1. The van der Waals surface area contributed by atoms with Crippen molar-refractivity contribution in [1.82, 2.24) is 4.90 Å². The Kier molecular flexibility index (Phi) is 4.22. The van der Waals surface area contributed by atoms with Gasteiger partial charge in [0, 0.05) is 12.4 Å². The van der Waals surface area contributed by atoms with E-state index in [1.54, 1.807) is 0 Å². The topological polar surface area (TPSA) is 3.24 Å². The molecule has 1 unspecified atom stereocenters. The minimum atomic E-state index is -2.19. The molecule has 0 N–H and O–H groups in total. The third kappa shape index (κ3) is 3.23. The number of hydrogen-bond acceptors (Lipinski definition) is 1. The first-order chi connectivity index (χ1) is 5.72. The molecule has 1 fully saturated rings. The van der Waals surface area contributed by atoms with Gasteiger partial charge in [-0.2, -0.15) is 0 Å². The molecular weight excluding hydrogens is 184 g/mol. The van der Waals surface area contributed by atoms with E-state index >= 15 is 0 Å². The first-order valence-corrected chi connectivity index (χ1v) is 4.82. The van der Waals surface area contributed by atoms with Gasteiger partial charge in [-0.25, -0.2) is 8.78 Å². The fourth-order valence-electron chi connectivity index (χ4n) is 1.66. The van der Waals surface area contributed by atoms with Crippen molar-refractivity contribution in [3.63, 3.8) is 0 Å². The van der Waals surface area contributed by atoms with E-state index < -0.39 is 6.43 Å². The van der Waals surface area contributed by atoms with Crippen LogP contribution in [-0.2, 0) is 0 Å². The second-order valence-corrected chi connectivity index (χ2v) is 3.66. The minimum Gasteiger partial charge on any atom is -0.297 e. The van der Waals surface area contributed by atoms with Crippen LogP contribution in [0.25, 0.3) is 0 Å². The van der Waals surface area contributed by atoms with E-state index in [2.05, 4.69) is 0 Å². The van der Waals surface area contributed by atoms with E-state index in [0.717, 1.165) is 25.9 Å². The maximum absolute atomic E-state index is 11.9. The Morgan fingerprint density at radius 3 is 2.83 bits per heavy atom.